The molecule has 0 bridgehead atoms. The van der Waals surface area contributed by atoms with Crippen LogP contribution in [-0.2, 0) is 71.2 Å². The summed E-state index contributed by atoms with van der Waals surface area (Å²) in [4.78, 5) is 39.3. The van der Waals surface area contributed by atoms with E-state index in [0.29, 0.717) is 12.8 Å². The van der Waals surface area contributed by atoms with Crippen LogP contribution in [0, 0.1) is 0 Å². The van der Waals surface area contributed by atoms with Gasteiger partial charge in [0.2, 0.25) is 17.7 Å². The normalized spacial score (nSPS) is 37.7. The second-order valence-corrected chi connectivity index (χ2v) is 29.9. The molecule has 0 saturated carbocycles. The Kier molecular flexibility index (Phi) is 44.0. The van der Waals surface area contributed by atoms with Crippen LogP contribution in [0.4, 0.5) is 0 Å². The molecule has 36 nitrogen and oxygen atoms in total. The van der Waals surface area contributed by atoms with Crippen LogP contribution in [-0.4, -0.2) is 352 Å². The monoisotopic (exact) mass is 1590 g/mol. The molecule has 642 valence electrons. The summed E-state index contributed by atoms with van der Waals surface area (Å²) in [6.07, 6.45) is -23.8. The molecule has 6 aliphatic heterocycles. The van der Waals surface area contributed by atoms with E-state index in [4.69, 9.17) is 56.8 Å². The van der Waals surface area contributed by atoms with Crippen molar-refractivity contribution in [2.24, 2.45) is 0 Å². The van der Waals surface area contributed by atoms with E-state index in [1.54, 1.807) is 6.08 Å². The zero-order chi connectivity index (χ0) is 80.6. The summed E-state index contributed by atoms with van der Waals surface area (Å²) in [6, 6.07) is -4.71. The molecule has 110 heavy (non-hydrogen) atoms. The highest BCUT2D eigenvalue weighted by molar-refractivity contribution is 5.76. The SMILES string of the molecule is CCCCCCCCCCCCC/C=C/[C@@H](O)[C@H](CO[C@@H]1OC(CO)[C@@H](O[C@@H]2OC(CO)[C@H](O)[C@H](O[C@@H]3OC(CO)[C@@H](O)[C@H](O[C@@H]4OC(CO)[C@H](O)[C@H](O[C@@H]5OC(CO)[C@@H](O[C@@H]6OC(CO)[C@H](O)[C@H](O)C6O)[C@H](O)C5NC(C)=O)C4O)C3NC(C)=O)C2O)[C@H](O)C1O)NC(=O)CCCCCCCCCCCCCCC. The first-order valence-corrected chi connectivity index (χ1v) is 40.0. The fourth-order valence-electron chi connectivity index (χ4n) is 14.7. The second kappa shape index (κ2) is 50.5. The summed E-state index contributed by atoms with van der Waals surface area (Å²) >= 11 is 0. The Balaban J connectivity index is 1.13. The average Bonchev–Trinajstić information content (AvgIpc) is 0.767. The zero-order valence-electron chi connectivity index (χ0n) is 64.1. The highest BCUT2D eigenvalue weighted by atomic mass is 16.8. The number of ether oxygens (including phenoxy) is 12. The molecule has 0 aromatic carbocycles. The number of amides is 3. The van der Waals surface area contributed by atoms with Gasteiger partial charge in [-0.25, -0.2) is 0 Å². The van der Waals surface area contributed by atoms with Gasteiger partial charge in [0.05, 0.1) is 58.4 Å². The van der Waals surface area contributed by atoms with E-state index in [1.807, 2.05) is 6.08 Å². The Morgan fingerprint density at radius 2 is 0.691 bits per heavy atom. The summed E-state index contributed by atoms with van der Waals surface area (Å²) in [5.41, 5.74) is 0. The van der Waals surface area contributed by atoms with Crippen LogP contribution in [0.3, 0.4) is 0 Å². The van der Waals surface area contributed by atoms with Crippen LogP contribution in [0.1, 0.15) is 195 Å². The number of rotatable bonds is 50. The number of unbranched alkanes of at least 4 members (excludes halogenated alkanes) is 23. The van der Waals surface area contributed by atoms with E-state index in [1.165, 1.54) is 96.3 Å². The smallest absolute Gasteiger partial charge is 0.220 e. The van der Waals surface area contributed by atoms with Crippen LogP contribution in [0.25, 0.3) is 0 Å². The van der Waals surface area contributed by atoms with Gasteiger partial charge in [-0.3, -0.25) is 14.4 Å². The predicted molar refractivity (Wildman–Crippen MR) is 385 cm³/mol. The molecule has 0 aromatic rings. The number of hydrogen-bond donors (Lipinski definition) is 21. The Morgan fingerprint density at radius 1 is 0.355 bits per heavy atom. The molecule has 0 aliphatic carbocycles. The van der Waals surface area contributed by atoms with Crippen molar-refractivity contribution in [1.29, 1.82) is 0 Å². The van der Waals surface area contributed by atoms with Crippen LogP contribution in [0.2, 0.25) is 0 Å². The van der Waals surface area contributed by atoms with Crippen LogP contribution in [0.5, 0.6) is 0 Å². The number of allylic oxidation sites excluding steroid dienone is 1. The van der Waals surface area contributed by atoms with E-state index >= 15 is 0 Å². The van der Waals surface area contributed by atoms with Crippen molar-refractivity contribution in [3.8, 4) is 0 Å². The van der Waals surface area contributed by atoms with Gasteiger partial charge in [0.15, 0.2) is 37.7 Å². The van der Waals surface area contributed by atoms with E-state index in [-0.39, 0.29) is 12.3 Å². The van der Waals surface area contributed by atoms with Gasteiger partial charge in [0.25, 0.3) is 0 Å². The number of aliphatic hydroxyl groups excluding tert-OH is 18. The standard InChI is InChI=1S/C74H133N3O33/c1-5-7-9-11-13-15-17-19-21-23-25-27-29-31-43(86)42(77-50(87)32-30-28-26-24-22-20-18-16-14-12-10-8-6-2)39-99-71-61(96)59(94)65(49(38-83)105-71)107-73-62(97)68(56(91)46(35-80)102-73)110-70-52(76-41(4)85)66(54(89)45(34-79)100-70)108-74-63(98)67(55(90)47(36-81)103-74)109-69-51(75-40(3)84)57(92)64(48(37-82)104-69)106-72-60(95)58(93)53(88)44(33-78)101-72/h29,31,42-49,51-74,78-83,86,88-98H,5-28,30,32-39H2,1-4H3,(H,75,84)(H,76,85)(H,77,87)/b31-29+/t42-,43+,44?,45?,46?,47?,48?,49?,51?,52?,53-,54+,55-,56-,57+,58-,59+,60?,61?,62?,63?,64+,65+,66+,67-,68-,69-,70-,71+,72-,73-,74-/m0/s1. The molecule has 6 saturated heterocycles. The predicted octanol–water partition coefficient (Wildman–Crippen LogP) is -3.20. The molecule has 6 heterocycles. The van der Waals surface area contributed by atoms with Gasteiger partial charge in [0, 0.05) is 20.3 Å². The van der Waals surface area contributed by atoms with Gasteiger partial charge in [0.1, 0.15) is 146 Å². The third-order valence-corrected chi connectivity index (χ3v) is 21.2. The first-order valence-electron chi connectivity index (χ1n) is 40.0. The van der Waals surface area contributed by atoms with Crippen LogP contribution in [0.15, 0.2) is 12.2 Å². The zero-order valence-corrected chi connectivity index (χ0v) is 64.1. The summed E-state index contributed by atoms with van der Waals surface area (Å²) in [5.74, 6) is -2.08. The molecular weight excluding hydrogens is 1460 g/mol. The maximum atomic E-state index is 13.5. The summed E-state index contributed by atoms with van der Waals surface area (Å²) < 4.78 is 71.0. The third-order valence-electron chi connectivity index (χ3n) is 21.2. The summed E-state index contributed by atoms with van der Waals surface area (Å²) in [6.45, 7) is -0.00548. The first kappa shape index (κ1) is 95.8. The van der Waals surface area contributed by atoms with Crippen molar-refractivity contribution in [3.63, 3.8) is 0 Å². The minimum atomic E-state index is -2.28. The van der Waals surface area contributed by atoms with Gasteiger partial charge in [-0.1, -0.05) is 167 Å². The van der Waals surface area contributed by atoms with E-state index in [2.05, 4.69) is 29.8 Å². The Hall–Kier alpha value is -3.05. The molecule has 0 aromatic heterocycles. The van der Waals surface area contributed by atoms with Gasteiger partial charge < -0.3 is 165 Å². The van der Waals surface area contributed by atoms with Crippen molar-refractivity contribution in [2.75, 3.05) is 46.2 Å². The summed E-state index contributed by atoms with van der Waals surface area (Å²) in [7, 11) is 0. The molecule has 0 radical (unpaired) electrons. The Bertz CT molecular complexity index is 2560. The Labute approximate surface area is 643 Å². The number of carbonyl (C=O) groups excluding carboxylic acids is 3. The highest BCUT2D eigenvalue weighted by Gasteiger charge is 2.59. The van der Waals surface area contributed by atoms with Gasteiger partial charge in [-0.2, -0.15) is 0 Å². The number of aliphatic hydroxyl groups is 18. The average molecular weight is 1590 g/mol. The lowest BCUT2D eigenvalue weighted by atomic mass is 9.93. The van der Waals surface area contributed by atoms with Crippen molar-refractivity contribution < 1.29 is 163 Å². The minimum absolute atomic E-state index is 0.170. The molecule has 6 fully saturated rings. The third kappa shape index (κ3) is 28.4. The molecule has 32 atom stereocenters. The lowest BCUT2D eigenvalue weighted by Crippen LogP contribution is -2.71. The minimum Gasteiger partial charge on any atom is -0.394 e. The molecule has 0 spiro atoms. The Morgan fingerprint density at radius 3 is 1.14 bits per heavy atom. The van der Waals surface area contributed by atoms with Crippen molar-refractivity contribution >= 4 is 17.7 Å². The van der Waals surface area contributed by atoms with Crippen molar-refractivity contribution in [1.82, 2.24) is 16.0 Å². The largest absolute Gasteiger partial charge is 0.394 e. The topological polar surface area (TPSA) is 562 Å². The lowest BCUT2D eigenvalue weighted by molar-refractivity contribution is -0.386. The highest BCUT2D eigenvalue weighted by Crippen LogP contribution is 2.38. The number of nitrogens with one attached hydrogen (secondary N) is 3. The molecule has 6 aliphatic rings. The maximum absolute atomic E-state index is 13.5. The molecule has 21 N–H and O–H groups in total. The summed E-state index contributed by atoms with van der Waals surface area (Å²) in [5, 5.41) is 208. The molecule has 36 heteroatoms. The quantitative estimate of drug-likeness (QED) is 0.0211. The van der Waals surface area contributed by atoms with Crippen molar-refractivity contribution in [3.05, 3.63) is 12.2 Å². The fourth-order valence-corrected chi connectivity index (χ4v) is 14.7. The molecule has 6 rings (SSSR count). The number of carbonyl (C=O) groups is 3. The van der Waals surface area contributed by atoms with E-state index < -0.39 is 254 Å². The fraction of sp³-hybridized carbons (Fsp3) is 0.932. The van der Waals surface area contributed by atoms with Gasteiger partial charge in [-0.15, -0.1) is 0 Å². The molecule has 3 amide bonds. The van der Waals surface area contributed by atoms with Crippen molar-refractivity contribution in [2.45, 2.75) is 391 Å². The van der Waals surface area contributed by atoms with E-state index in [0.717, 1.165) is 65.2 Å². The van der Waals surface area contributed by atoms with E-state index in [9.17, 15) is 106 Å². The van der Waals surface area contributed by atoms with Crippen LogP contribution >= 0.6 is 0 Å². The molecule has 12 unspecified atom stereocenters. The lowest BCUT2D eigenvalue weighted by Gasteiger charge is -2.51. The second-order valence-electron chi connectivity index (χ2n) is 29.9. The van der Waals surface area contributed by atoms with Crippen LogP contribution < -0.4 is 16.0 Å². The first-order chi connectivity index (χ1) is 52.8. The van der Waals surface area contributed by atoms with Gasteiger partial charge in [-0.05, 0) is 19.3 Å². The number of hydrogen-bond acceptors (Lipinski definition) is 33. The van der Waals surface area contributed by atoms with Gasteiger partial charge >= 0.3 is 0 Å². The molecular formula is C74H133N3O33. The maximum Gasteiger partial charge on any atom is 0.220 e.